The third kappa shape index (κ3) is 4.49. The van der Waals surface area contributed by atoms with E-state index in [2.05, 4.69) is 11.9 Å². The lowest BCUT2D eigenvalue weighted by atomic mass is 10.0. The van der Waals surface area contributed by atoms with Crippen molar-refractivity contribution in [1.82, 2.24) is 5.32 Å². The topological polar surface area (TPSA) is 61.7 Å². The van der Waals surface area contributed by atoms with E-state index < -0.39 is 5.54 Å². The van der Waals surface area contributed by atoms with E-state index in [-0.39, 0.29) is 13.2 Å². The first kappa shape index (κ1) is 14.7. The summed E-state index contributed by atoms with van der Waals surface area (Å²) < 4.78 is 5.44. The van der Waals surface area contributed by atoms with Crippen LogP contribution in [0.15, 0.2) is 36.9 Å². The highest BCUT2D eigenvalue weighted by Crippen LogP contribution is 2.14. The predicted octanol–water partition coefficient (Wildman–Crippen LogP) is 1.08. The van der Waals surface area contributed by atoms with Gasteiger partial charge in [-0.2, -0.15) is 0 Å². The molecule has 0 aliphatic carbocycles. The van der Waals surface area contributed by atoms with Crippen LogP contribution in [0.25, 0.3) is 0 Å². The van der Waals surface area contributed by atoms with Gasteiger partial charge >= 0.3 is 0 Å². The number of hydrogen-bond acceptors (Lipinski definition) is 4. The lowest BCUT2D eigenvalue weighted by molar-refractivity contribution is 0.103. The molecule has 1 aromatic carbocycles. The average Bonchev–Trinajstić information content (AvgIpc) is 2.43. The molecule has 3 N–H and O–H groups in total. The fourth-order valence-electron chi connectivity index (χ4n) is 1.38. The lowest BCUT2D eigenvalue weighted by Gasteiger charge is -2.26. The molecule has 1 aromatic rings. The molecule has 0 bridgehead atoms. The summed E-state index contributed by atoms with van der Waals surface area (Å²) >= 11 is 0. The maximum atomic E-state index is 9.18. The molecule has 0 unspecified atom stereocenters. The fourth-order valence-corrected chi connectivity index (χ4v) is 1.38. The maximum absolute atomic E-state index is 9.18. The molecule has 0 aromatic heterocycles. The Balaban J connectivity index is 2.59. The van der Waals surface area contributed by atoms with Gasteiger partial charge in [0, 0.05) is 6.54 Å². The first-order valence-electron chi connectivity index (χ1n) is 5.93. The van der Waals surface area contributed by atoms with Crippen LogP contribution < -0.4 is 10.1 Å². The molecule has 0 atom stereocenters. The van der Waals surface area contributed by atoms with Crippen molar-refractivity contribution in [2.24, 2.45) is 0 Å². The van der Waals surface area contributed by atoms with Gasteiger partial charge in [0.25, 0.3) is 0 Å². The summed E-state index contributed by atoms with van der Waals surface area (Å²) in [5.41, 5.74) is 0.363. The SMILES string of the molecule is C=CCOc1cccc(CNC(C)(CO)CO)c1. The normalized spacial score (nSPS) is 11.3. The van der Waals surface area contributed by atoms with Crippen molar-refractivity contribution < 1.29 is 14.9 Å². The molecule has 0 heterocycles. The highest BCUT2D eigenvalue weighted by atomic mass is 16.5. The van der Waals surface area contributed by atoms with E-state index >= 15 is 0 Å². The second kappa shape index (κ2) is 7.16. The molecule has 1 rings (SSSR count). The van der Waals surface area contributed by atoms with Crippen molar-refractivity contribution in [3.8, 4) is 5.75 Å². The molecule has 0 spiro atoms. The number of benzene rings is 1. The highest BCUT2D eigenvalue weighted by Gasteiger charge is 2.20. The molecule has 0 aliphatic rings. The quantitative estimate of drug-likeness (QED) is 0.605. The minimum atomic E-state index is -0.669. The molecule has 0 aliphatic heterocycles. The van der Waals surface area contributed by atoms with Gasteiger partial charge in [0.2, 0.25) is 0 Å². The highest BCUT2D eigenvalue weighted by molar-refractivity contribution is 5.28. The number of hydrogen-bond donors (Lipinski definition) is 3. The van der Waals surface area contributed by atoms with Crippen LogP contribution in [0.1, 0.15) is 12.5 Å². The van der Waals surface area contributed by atoms with Crippen molar-refractivity contribution in [1.29, 1.82) is 0 Å². The van der Waals surface area contributed by atoms with E-state index in [1.165, 1.54) is 0 Å². The van der Waals surface area contributed by atoms with Gasteiger partial charge in [-0.25, -0.2) is 0 Å². The van der Waals surface area contributed by atoms with E-state index in [0.29, 0.717) is 13.2 Å². The van der Waals surface area contributed by atoms with E-state index in [9.17, 15) is 10.2 Å². The predicted molar refractivity (Wildman–Crippen MR) is 71.6 cm³/mol. The Morgan fingerprint density at radius 3 is 2.72 bits per heavy atom. The Hall–Kier alpha value is -1.36. The van der Waals surface area contributed by atoms with E-state index in [1.807, 2.05) is 24.3 Å². The van der Waals surface area contributed by atoms with Crippen molar-refractivity contribution >= 4 is 0 Å². The third-order valence-electron chi connectivity index (χ3n) is 2.68. The second-order valence-corrected chi connectivity index (χ2v) is 4.48. The van der Waals surface area contributed by atoms with Gasteiger partial charge in [-0.1, -0.05) is 24.8 Å². The molecular weight excluding hydrogens is 230 g/mol. The molecule has 4 nitrogen and oxygen atoms in total. The lowest BCUT2D eigenvalue weighted by Crippen LogP contribution is -2.48. The minimum Gasteiger partial charge on any atom is -0.490 e. The molecule has 18 heavy (non-hydrogen) atoms. The van der Waals surface area contributed by atoms with Crippen LogP contribution in [0.5, 0.6) is 5.75 Å². The zero-order valence-corrected chi connectivity index (χ0v) is 10.7. The fraction of sp³-hybridized carbons (Fsp3) is 0.429. The number of nitrogens with one attached hydrogen (secondary N) is 1. The Kier molecular flexibility index (Phi) is 5.85. The molecule has 0 amide bonds. The zero-order valence-electron chi connectivity index (χ0n) is 10.7. The van der Waals surface area contributed by atoms with Gasteiger partial charge in [0.15, 0.2) is 0 Å². The molecule has 0 saturated heterocycles. The van der Waals surface area contributed by atoms with Gasteiger partial charge in [0.1, 0.15) is 12.4 Å². The van der Waals surface area contributed by atoms with Crippen molar-refractivity contribution in [2.75, 3.05) is 19.8 Å². The van der Waals surface area contributed by atoms with E-state index in [1.54, 1.807) is 13.0 Å². The van der Waals surface area contributed by atoms with Crippen molar-refractivity contribution in [2.45, 2.75) is 19.0 Å². The smallest absolute Gasteiger partial charge is 0.120 e. The van der Waals surface area contributed by atoms with Crippen LogP contribution in [0, 0.1) is 0 Å². The Morgan fingerprint density at radius 1 is 1.39 bits per heavy atom. The maximum Gasteiger partial charge on any atom is 0.120 e. The molecule has 4 heteroatoms. The summed E-state index contributed by atoms with van der Waals surface area (Å²) in [6.45, 7) is 6.17. The molecular formula is C14H21NO3. The molecule has 0 saturated carbocycles. The Bertz CT molecular complexity index is 375. The molecule has 0 radical (unpaired) electrons. The number of aliphatic hydroxyl groups is 2. The molecule has 100 valence electrons. The van der Waals surface area contributed by atoms with Gasteiger partial charge in [0.05, 0.1) is 18.8 Å². The number of aliphatic hydroxyl groups excluding tert-OH is 2. The zero-order chi connectivity index (χ0) is 13.4. The minimum absolute atomic E-state index is 0.115. The van der Waals surface area contributed by atoms with Crippen LogP contribution in [-0.4, -0.2) is 35.6 Å². The summed E-state index contributed by atoms with van der Waals surface area (Å²) in [6.07, 6.45) is 1.69. The van der Waals surface area contributed by atoms with Crippen LogP contribution >= 0.6 is 0 Å². The van der Waals surface area contributed by atoms with Crippen LogP contribution in [-0.2, 0) is 6.54 Å². The third-order valence-corrected chi connectivity index (χ3v) is 2.68. The van der Waals surface area contributed by atoms with Crippen molar-refractivity contribution in [3.63, 3.8) is 0 Å². The summed E-state index contributed by atoms with van der Waals surface area (Å²) in [6, 6.07) is 7.67. The molecule has 0 fully saturated rings. The van der Waals surface area contributed by atoms with E-state index in [4.69, 9.17) is 4.74 Å². The van der Waals surface area contributed by atoms with Gasteiger partial charge in [-0.05, 0) is 24.6 Å². The first-order chi connectivity index (χ1) is 8.63. The first-order valence-corrected chi connectivity index (χ1v) is 5.93. The van der Waals surface area contributed by atoms with Crippen LogP contribution in [0.4, 0.5) is 0 Å². The number of ether oxygens (including phenoxy) is 1. The van der Waals surface area contributed by atoms with Crippen molar-refractivity contribution in [3.05, 3.63) is 42.5 Å². The monoisotopic (exact) mass is 251 g/mol. The van der Waals surface area contributed by atoms with Crippen LogP contribution in [0.2, 0.25) is 0 Å². The standard InChI is InChI=1S/C14H21NO3/c1-3-7-18-13-6-4-5-12(8-13)9-15-14(2,10-16)11-17/h3-6,8,15-17H,1,7,9-11H2,2H3. The Labute approximate surface area is 108 Å². The van der Waals surface area contributed by atoms with Crippen LogP contribution in [0.3, 0.4) is 0 Å². The van der Waals surface area contributed by atoms with Gasteiger partial charge < -0.3 is 20.3 Å². The Morgan fingerprint density at radius 2 is 2.11 bits per heavy atom. The van der Waals surface area contributed by atoms with E-state index in [0.717, 1.165) is 11.3 Å². The average molecular weight is 251 g/mol. The number of rotatable bonds is 8. The summed E-state index contributed by atoms with van der Waals surface area (Å²) in [5, 5.41) is 21.5. The summed E-state index contributed by atoms with van der Waals surface area (Å²) in [4.78, 5) is 0. The summed E-state index contributed by atoms with van der Waals surface area (Å²) in [5.74, 6) is 0.781. The summed E-state index contributed by atoms with van der Waals surface area (Å²) in [7, 11) is 0. The largest absolute Gasteiger partial charge is 0.490 e. The van der Waals surface area contributed by atoms with Gasteiger partial charge in [-0.3, -0.25) is 0 Å². The second-order valence-electron chi connectivity index (χ2n) is 4.48. The van der Waals surface area contributed by atoms with Gasteiger partial charge in [-0.15, -0.1) is 0 Å².